The van der Waals surface area contributed by atoms with E-state index < -0.39 is 5.82 Å². The predicted octanol–water partition coefficient (Wildman–Crippen LogP) is 4.58. The van der Waals surface area contributed by atoms with Gasteiger partial charge in [-0.15, -0.1) is 0 Å². The molecule has 0 heterocycles. The van der Waals surface area contributed by atoms with Crippen molar-refractivity contribution >= 4 is 17.3 Å². The molecule has 0 aliphatic heterocycles. The Morgan fingerprint density at radius 1 is 1.24 bits per heavy atom. The van der Waals surface area contributed by atoms with Gasteiger partial charge in [-0.05, 0) is 49.7 Å². The molecule has 0 radical (unpaired) electrons. The first-order valence-electron chi connectivity index (χ1n) is 6.63. The molecule has 2 aromatic carbocycles. The summed E-state index contributed by atoms with van der Waals surface area (Å²) < 4.78 is 18.8. The van der Waals surface area contributed by atoms with Crippen LogP contribution in [0.2, 0.25) is 5.02 Å². The normalized spacial score (nSPS) is 10.7. The standard InChI is InChI=1S/C16H17ClFNO2/c1-10(2)21-16-6-4-12(8-13(16)17)19-9-11-3-5-15(20)14(18)7-11/h3-8,10,19-20H,9H2,1-2H3. The molecule has 0 aromatic heterocycles. The van der Waals surface area contributed by atoms with Crippen molar-refractivity contribution < 1.29 is 14.2 Å². The minimum Gasteiger partial charge on any atom is -0.505 e. The van der Waals surface area contributed by atoms with Crippen LogP contribution in [0.5, 0.6) is 11.5 Å². The fourth-order valence-electron chi connectivity index (χ4n) is 1.82. The van der Waals surface area contributed by atoms with Gasteiger partial charge in [-0.2, -0.15) is 0 Å². The molecular weight excluding hydrogens is 293 g/mol. The number of anilines is 1. The van der Waals surface area contributed by atoms with Crippen molar-refractivity contribution in [2.24, 2.45) is 0 Å². The van der Waals surface area contributed by atoms with Crippen LogP contribution in [-0.4, -0.2) is 11.2 Å². The first kappa shape index (κ1) is 15.4. The van der Waals surface area contributed by atoms with Crippen LogP contribution in [0.15, 0.2) is 36.4 Å². The zero-order valence-electron chi connectivity index (χ0n) is 11.9. The van der Waals surface area contributed by atoms with Gasteiger partial charge < -0.3 is 15.2 Å². The average molecular weight is 310 g/mol. The van der Waals surface area contributed by atoms with E-state index in [1.165, 1.54) is 12.1 Å². The average Bonchev–Trinajstić information content (AvgIpc) is 2.42. The number of benzene rings is 2. The van der Waals surface area contributed by atoms with Crippen LogP contribution in [-0.2, 0) is 6.54 Å². The van der Waals surface area contributed by atoms with E-state index in [1.54, 1.807) is 18.2 Å². The molecule has 112 valence electrons. The van der Waals surface area contributed by atoms with Crippen LogP contribution in [0.4, 0.5) is 10.1 Å². The van der Waals surface area contributed by atoms with E-state index in [4.69, 9.17) is 21.4 Å². The molecule has 3 nitrogen and oxygen atoms in total. The molecule has 0 bridgehead atoms. The molecule has 0 aliphatic carbocycles. The van der Waals surface area contributed by atoms with E-state index in [2.05, 4.69) is 5.32 Å². The number of hydrogen-bond donors (Lipinski definition) is 2. The quantitative estimate of drug-likeness (QED) is 0.849. The van der Waals surface area contributed by atoms with Crippen LogP contribution in [0.3, 0.4) is 0 Å². The molecule has 0 unspecified atom stereocenters. The number of rotatable bonds is 5. The van der Waals surface area contributed by atoms with Crippen LogP contribution >= 0.6 is 11.6 Å². The molecule has 2 N–H and O–H groups in total. The number of hydrogen-bond acceptors (Lipinski definition) is 3. The zero-order chi connectivity index (χ0) is 15.4. The van der Waals surface area contributed by atoms with Gasteiger partial charge in [0.1, 0.15) is 5.75 Å². The first-order valence-corrected chi connectivity index (χ1v) is 7.01. The van der Waals surface area contributed by atoms with Gasteiger partial charge in [0.25, 0.3) is 0 Å². The fourth-order valence-corrected chi connectivity index (χ4v) is 2.05. The summed E-state index contributed by atoms with van der Waals surface area (Å²) in [5.41, 5.74) is 1.54. The van der Waals surface area contributed by atoms with Crippen LogP contribution in [0.25, 0.3) is 0 Å². The Morgan fingerprint density at radius 3 is 2.62 bits per heavy atom. The Bertz CT molecular complexity index is 632. The number of phenolic OH excluding ortho intramolecular Hbond substituents is 1. The van der Waals surface area contributed by atoms with E-state index in [9.17, 15) is 4.39 Å². The summed E-state index contributed by atoms with van der Waals surface area (Å²) in [6, 6.07) is 9.68. The molecule has 0 spiro atoms. The lowest BCUT2D eigenvalue weighted by Crippen LogP contribution is -2.06. The highest BCUT2D eigenvalue weighted by molar-refractivity contribution is 6.32. The van der Waals surface area contributed by atoms with Crippen molar-refractivity contribution in [3.05, 3.63) is 52.8 Å². The van der Waals surface area contributed by atoms with E-state index in [0.717, 1.165) is 11.3 Å². The molecule has 2 rings (SSSR count). The molecular formula is C16H17ClFNO2. The van der Waals surface area contributed by atoms with Crippen LogP contribution in [0, 0.1) is 5.82 Å². The third-order valence-corrected chi connectivity index (χ3v) is 3.10. The summed E-state index contributed by atoms with van der Waals surface area (Å²) in [5.74, 6) is -0.349. The van der Waals surface area contributed by atoms with Gasteiger partial charge in [-0.3, -0.25) is 0 Å². The summed E-state index contributed by atoms with van der Waals surface area (Å²) in [6.07, 6.45) is 0.0567. The fraction of sp³-hybridized carbons (Fsp3) is 0.250. The largest absolute Gasteiger partial charge is 0.505 e. The Balaban J connectivity index is 2.03. The highest BCUT2D eigenvalue weighted by atomic mass is 35.5. The van der Waals surface area contributed by atoms with Gasteiger partial charge in [-0.1, -0.05) is 17.7 Å². The number of phenols is 1. The molecule has 0 fully saturated rings. The predicted molar refractivity (Wildman–Crippen MR) is 82.6 cm³/mol. The number of halogens is 2. The summed E-state index contributed by atoms with van der Waals surface area (Å²) >= 11 is 6.14. The van der Waals surface area contributed by atoms with Crippen molar-refractivity contribution in [3.8, 4) is 11.5 Å². The monoisotopic (exact) mass is 309 g/mol. The number of ether oxygens (including phenoxy) is 1. The van der Waals surface area contributed by atoms with Crippen molar-refractivity contribution in [2.75, 3.05) is 5.32 Å². The molecule has 5 heteroatoms. The van der Waals surface area contributed by atoms with Gasteiger partial charge >= 0.3 is 0 Å². The van der Waals surface area contributed by atoms with Crippen molar-refractivity contribution in [1.82, 2.24) is 0 Å². The summed E-state index contributed by atoms with van der Waals surface area (Å²) in [5, 5.41) is 12.8. The minimum atomic E-state index is -0.631. The van der Waals surface area contributed by atoms with E-state index >= 15 is 0 Å². The smallest absolute Gasteiger partial charge is 0.165 e. The Kier molecular flexibility index (Phi) is 4.91. The second kappa shape index (κ2) is 6.68. The van der Waals surface area contributed by atoms with Gasteiger partial charge in [0, 0.05) is 12.2 Å². The summed E-state index contributed by atoms with van der Waals surface area (Å²) in [7, 11) is 0. The molecule has 0 aliphatic rings. The van der Waals surface area contributed by atoms with Crippen LogP contribution < -0.4 is 10.1 Å². The SMILES string of the molecule is CC(C)Oc1ccc(NCc2ccc(O)c(F)c2)cc1Cl. The number of nitrogens with one attached hydrogen (secondary N) is 1. The van der Waals surface area contributed by atoms with Gasteiger partial charge in [0.2, 0.25) is 0 Å². The van der Waals surface area contributed by atoms with E-state index in [-0.39, 0.29) is 11.9 Å². The maximum absolute atomic E-state index is 13.2. The van der Waals surface area contributed by atoms with Gasteiger partial charge in [0.15, 0.2) is 11.6 Å². The molecule has 21 heavy (non-hydrogen) atoms. The van der Waals surface area contributed by atoms with Crippen molar-refractivity contribution in [2.45, 2.75) is 26.5 Å². The molecule has 0 amide bonds. The summed E-state index contributed by atoms with van der Waals surface area (Å²) in [6.45, 7) is 4.29. The van der Waals surface area contributed by atoms with E-state index in [0.29, 0.717) is 17.3 Å². The maximum atomic E-state index is 13.2. The van der Waals surface area contributed by atoms with Crippen LogP contribution in [0.1, 0.15) is 19.4 Å². The highest BCUT2D eigenvalue weighted by Gasteiger charge is 2.06. The Hall–Kier alpha value is -1.94. The Morgan fingerprint density at radius 2 is 2.00 bits per heavy atom. The molecule has 2 aromatic rings. The molecule has 0 atom stereocenters. The van der Waals surface area contributed by atoms with Crippen molar-refractivity contribution in [3.63, 3.8) is 0 Å². The van der Waals surface area contributed by atoms with E-state index in [1.807, 2.05) is 19.9 Å². The number of aromatic hydroxyl groups is 1. The maximum Gasteiger partial charge on any atom is 0.165 e. The summed E-state index contributed by atoms with van der Waals surface area (Å²) in [4.78, 5) is 0. The van der Waals surface area contributed by atoms with Gasteiger partial charge in [-0.25, -0.2) is 4.39 Å². The lowest BCUT2D eigenvalue weighted by molar-refractivity contribution is 0.242. The lowest BCUT2D eigenvalue weighted by Gasteiger charge is -2.13. The first-order chi connectivity index (χ1) is 9.95. The minimum absolute atomic E-state index is 0.0567. The Labute approximate surface area is 128 Å². The zero-order valence-corrected chi connectivity index (χ0v) is 12.6. The third-order valence-electron chi connectivity index (χ3n) is 2.80. The second-order valence-corrected chi connectivity index (χ2v) is 5.36. The molecule has 0 saturated carbocycles. The third kappa shape index (κ3) is 4.26. The van der Waals surface area contributed by atoms with Crippen molar-refractivity contribution in [1.29, 1.82) is 0 Å². The van der Waals surface area contributed by atoms with Gasteiger partial charge in [0.05, 0.1) is 11.1 Å². The second-order valence-electron chi connectivity index (χ2n) is 4.95. The lowest BCUT2D eigenvalue weighted by atomic mass is 10.2. The molecule has 0 saturated heterocycles. The topological polar surface area (TPSA) is 41.5 Å². The highest BCUT2D eigenvalue weighted by Crippen LogP contribution is 2.28.